The predicted molar refractivity (Wildman–Crippen MR) is 49.5 cm³/mol. The van der Waals surface area contributed by atoms with E-state index in [4.69, 9.17) is 0 Å². The second kappa shape index (κ2) is 4.35. The topological polar surface area (TPSA) is 12.0 Å². The van der Waals surface area contributed by atoms with E-state index < -0.39 is 0 Å². The van der Waals surface area contributed by atoms with E-state index in [1.807, 2.05) is 0 Å². The van der Waals surface area contributed by atoms with Gasteiger partial charge in [0.25, 0.3) is 0 Å². The van der Waals surface area contributed by atoms with Crippen LogP contribution in [0.15, 0.2) is 23.8 Å². The molecule has 0 bridgehead atoms. The Morgan fingerprint density at radius 1 is 1.55 bits per heavy atom. The fourth-order valence-electron chi connectivity index (χ4n) is 1.14. The SMILES string of the molecule is CC(C)CNCC1=CC=CC1. The molecule has 1 aliphatic carbocycles. The van der Waals surface area contributed by atoms with Gasteiger partial charge in [0.2, 0.25) is 0 Å². The summed E-state index contributed by atoms with van der Waals surface area (Å²) < 4.78 is 0. The first-order chi connectivity index (χ1) is 5.29. The van der Waals surface area contributed by atoms with Gasteiger partial charge in [0.05, 0.1) is 0 Å². The molecule has 0 saturated heterocycles. The molecule has 0 radical (unpaired) electrons. The number of rotatable bonds is 4. The summed E-state index contributed by atoms with van der Waals surface area (Å²) >= 11 is 0. The molecular formula is C10H17N. The van der Waals surface area contributed by atoms with Crippen molar-refractivity contribution in [1.82, 2.24) is 5.32 Å². The Morgan fingerprint density at radius 2 is 2.36 bits per heavy atom. The van der Waals surface area contributed by atoms with E-state index in [9.17, 15) is 0 Å². The summed E-state index contributed by atoms with van der Waals surface area (Å²) in [5, 5.41) is 3.42. The molecule has 1 rings (SSSR count). The van der Waals surface area contributed by atoms with Crippen molar-refractivity contribution in [2.45, 2.75) is 20.3 Å². The quantitative estimate of drug-likeness (QED) is 0.649. The Labute approximate surface area is 69.2 Å². The van der Waals surface area contributed by atoms with Crippen LogP contribution in [0.5, 0.6) is 0 Å². The summed E-state index contributed by atoms with van der Waals surface area (Å²) in [7, 11) is 0. The maximum Gasteiger partial charge on any atom is 0.0170 e. The third-order valence-corrected chi connectivity index (χ3v) is 1.75. The highest BCUT2D eigenvalue weighted by Crippen LogP contribution is 2.08. The summed E-state index contributed by atoms with van der Waals surface area (Å²) in [4.78, 5) is 0. The van der Waals surface area contributed by atoms with Crippen LogP contribution in [0.4, 0.5) is 0 Å². The zero-order chi connectivity index (χ0) is 8.10. The highest BCUT2D eigenvalue weighted by molar-refractivity contribution is 5.23. The van der Waals surface area contributed by atoms with E-state index in [-0.39, 0.29) is 0 Å². The van der Waals surface area contributed by atoms with E-state index in [1.165, 1.54) is 5.57 Å². The highest BCUT2D eigenvalue weighted by Gasteiger charge is 1.98. The summed E-state index contributed by atoms with van der Waals surface area (Å²) in [6.07, 6.45) is 7.68. The lowest BCUT2D eigenvalue weighted by atomic mass is 10.2. The van der Waals surface area contributed by atoms with E-state index in [1.54, 1.807) is 0 Å². The van der Waals surface area contributed by atoms with E-state index >= 15 is 0 Å². The van der Waals surface area contributed by atoms with Crippen LogP contribution < -0.4 is 5.32 Å². The summed E-state index contributed by atoms with van der Waals surface area (Å²) in [6.45, 7) is 6.64. The molecule has 0 amide bonds. The van der Waals surface area contributed by atoms with Gasteiger partial charge < -0.3 is 5.32 Å². The van der Waals surface area contributed by atoms with Gasteiger partial charge in [-0.1, -0.05) is 37.6 Å². The second-order valence-corrected chi connectivity index (χ2v) is 3.48. The Balaban J connectivity index is 2.04. The lowest BCUT2D eigenvalue weighted by molar-refractivity contribution is 0.570. The Bertz CT molecular complexity index is 166. The van der Waals surface area contributed by atoms with Gasteiger partial charge >= 0.3 is 0 Å². The van der Waals surface area contributed by atoms with Crippen molar-refractivity contribution in [3.05, 3.63) is 23.8 Å². The van der Waals surface area contributed by atoms with Crippen molar-refractivity contribution in [3.8, 4) is 0 Å². The van der Waals surface area contributed by atoms with E-state index in [2.05, 4.69) is 37.4 Å². The molecular weight excluding hydrogens is 134 g/mol. The Morgan fingerprint density at radius 3 is 2.91 bits per heavy atom. The third-order valence-electron chi connectivity index (χ3n) is 1.75. The zero-order valence-electron chi connectivity index (χ0n) is 7.43. The fraction of sp³-hybridized carbons (Fsp3) is 0.600. The van der Waals surface area contributed by atoms with Gasteiger partial charge in [0.1, 0.15) is 0 Å². The average molecular weight is 151 g/mol. The second-order valence-electron chi connectivity index (χ2n) is 3.48. The van der Waals surface area contributed by atoms with Crippen LogP contribution in [0.3, 0.4) is 0 Å². The molecule has 0 spiro atoms. The van der Waals surface area contributed by atoms with Gasteiger partial charge in [-0.3, -0.25) is 0 Å². The van der Waals surface area contributed by atoms with Crippen LogP contribution in [-0.2, 0) is 0 Å². The van der Waals surface area contributed by atoms with Gasteiger partial charge in [0, 0.05) is 6.54 Å². The van der Waals surface area contributed by atoms with Crippen molar-refractivity contribution >= 4 is 0 Å². The summed E-state index contributed by atoms with van der Waals surface area (Å²) in [5.74, 6) is 0.755. The van der Waals surface area contributed by atoms with Crippen molar-refractivity contribution in [2.24, 2.45) is 5.92 Å². The number of nitrogens with one attached hydrogen (secondary N) is 1. The Hall–Kier alpha value is -0.560. The smallest absolute Gasteiger partial charge is 0.0170 e. The predicted octanol–water partition coefficient (Wildman–Crippen LogP) is 2.12. The molecule has 0 aromatic carbocycles. The monoisotopic (exact) mass is 151 g/mol. The van der Waals surface area contributed by atoms with Crippen LogP contribution in [-0.4, -0.2) is 13.1 Å². The van der Waals surface area contributed by atoms with Gasteiger partial charge in [-0.05, 0) is 18.9 Å². The molecule has 0 unspecified atom stereocenters. The first kappa shape index (κ1) is 8.54. The van der Waals surface area contributed by atoms with E-state index in [0.717, 1.165) is 25.4 Å². The molecule has 0 heterocycles. The molecule has 1 nitrogen and oxygen atoms in total. The summed E-state index contributed by atoms with van der Waals surface area (Å²) in [5.41, 5.74) is 1.51. The molecule has 0 atom stereocenters. The van der Waals surface area contributed by atoms with Crippen LogP contribution in [0.2, 0.25) is 0 Å². The number of allylic oxidation sites excluding steroid dienone is 3. The Kier molecular flexibility index (Phi) is 3.37. The van der Waals surface area contributed by atoms with Crippen molar-refractivity contribution in [1.29, 1.82) is 0 Å². The molecule has 1 N–H and O–H groups in total. The van der Waals surface area contributed by atoms with Crippen LogP contribution in [0, 0.1) is 5.92 Å². The highest BCUT2D eigenvalue weighted by atomic mass is 14.9. The van der Waals surface area contributed by atoms with E-state index in [0.29, 0.717) is 0 Å². The minimum Gasteiger partial charge on any atom is -0.313 e. The lowest BCUT2D eigenvalue weighted by Crippen LogP contribution is -2.21. The molecule has 0 fully saturated rings. The molecule has 1 heteroatoms. The van der Waals surface area contributed by atoms with Crippen molar-refractivity contribution < 1.29 is 0 Å². The maximum atomic E-state index is 3.42. The minimum absolute atomic E-state index is 0.755. The maximum absolute atomic E-state index is 3.42. The fourth-order valence-corrected chi connectivity index (χ4v) is 1.14. The molecule has 11 heavy (non-hydrogen) atoms. The van der Waals surface area contributed by atoms with Crippen LogP contribution >= 0.6 is 0 Å². The van der Waals surface area contributed by atoms with Crippen molar-refractivity contribution in [3.63, 3.8) is 0 Å². The molecule has 0 saturated carbocycles. The van der Waals surface area contributed by atoms with Crippen molar-refractivity contribution in [2.75, 3.05) is 13.1 Å². The standard InChI is InChI=1S/C10H17N/c1-9(2)7-11-8-10-5-3-4-6-10/h3-5,9,11H,6-8H2,1-2H3. The van der Waals surface area contributed by atoms with Gasteiger partial charge in [-0.2, -0.15) is 0 Å². The largest absolute Gasteiger partial charge is 0.313 e. The molecule has 0 aromatic heterocycles. The molecule has 0 aliphatic heterocycles. The van der Waals surface area contributed by atoms with Gasteiger partial charge in [-0.15, -0.1) is 0 Å². The van der Waals surface area contributed by atoms with Gasteiger partial charge in [-0.25, -0.2) is 0 Å². The third kappa shape index (κ3) is 3.38. The molecule has 1 aliphatic rings. The first-order valence-corrected chi connectivity index (χ1v) is 4.34. The number of hydrogen-bond donors (Lipinski definition) is 1. The minimum atomic E-state index is 0.755. The molecule has 62 valence electrons. The lowest BCUT2D eigenvalue weighted by Gasteiger charge is -2.07. The zero-order valence-corrected chi connectivity index (χ0v) is 7.43. The van der Waals surface area contributed by atoms with Crippen LogP contribution in [0.1, 0.15) is 20.3 Å². The number of hydrogen-bond acceptors (Lipinski definition) is 1. The normalized spacial score (nSPS) is 16.1. The summed E-state index contributed by atoms with van der Waals surface area (Å²) in [6, 6.07) is 0. The average Bonchev–Trinajstić information content (AvgIpc) is 2.39. The van der Waals surface area contributed by atoms with Crippen LogP contribution in [0.25, 0.3) is 0 Å². The molecule has 0 aromatic rings. The first-order valence-electron chi connectivity index (χ1n) is 4.34. The van der Waals surface area contributed by atoms with Gasteiger partial charge in [0.15, 0.2) is 0 Å².